The molecule has 0 bridgehead atoms. The van der Waals surface area contributed by atoms with E-state index in [1.165, 1.54) is 0 Å². The number of hydrogen-bond acceptors (Lipinski definition) is 5. The lowest BCUT2D eigenvalue weighted by molar-refractivity contribution is -0.384. The first-order valence-electron chi connectivity index (χ1n) is 5.61. The third-order valence-corrected chi connectivity index (χ3v) is 3.07. The summed E-state index contributed by atoms with van der Waals surface area (Å²) in [4.78, 5) is 21.1. The van der Waals surface area contributed by atoms with Crippen LogP contribution in [0.1, 0.15) is 0 Å². The molecule has 20 heavy (non-hydrogen) atoms. The van der Waals surface area contributed by atoms with Crippen molar-refractivity contribution < 1.29 is 4.92 Å². The van der Waals surface area contributed by atoms with Crippen LogP contribution in [-0.4, -0.2) is 19.9 Å². The SMILES string of the molecule is Nc1cccc2[nH]c(-c3nc(Cl)ncc3[N+](=O)[O-])cc12. The predicted molar refractivity (Wildman–Crippen MR) is 75.4 cm³/mol. The van der Waals surface area contributed by atoms with Gasteiger partial charge < -0.3 is 10.7 Å². The molecule has 0 aliphatic heterocycles. The van der Waals surface area contributed by atoms with Crippen LogP contribution >= 0.6 is 11.6 Å². The zero-order chi connectivity index (χ0) is 14.3. The molecule has 8 heteroatoms. The Kier molecular flexibility index (Phi) is 2.76. The van der Waals surface area contributed by atoms with Crippen molar-refractivity contribution in [3.63, 3.8) is 0 Å². The summed E-state index contributed by atoms with van der Waals surface area (Å²) in [5, 5.41) is 11.7. The van der Waals surface area contributed by atoms with E-state index in [-0.39, 0.29) is 16.7 Å². The van der Waals surface area contributed by atoms with E-state index in [9.17, 15) is 10.1 Å². The minimum Gasteiger partial charge on any atom is -0.398 e. The molecule has 0 unspecified atom stereocenters. The summed E-state index contributed by atoms with van der Waals surface area (Å²) in [6.07, 6.45) is 1.08. The first-order chi connectivity index (χ1) is 9.56. The Morgan fingerprint density at radius 1 is 1.40 bits per heavy atom. The average Bonchev–Trinajstić information content (AvgIpc) is 2.83. The summed E-state index contributed by atoms with van der Waals surface area (Å²) < 4.78 is 0. The number of halogens is 1. The van der Waals surface area contributed by atoms with E-state index in [1.807, 2.05) is 6.07 Å². The molecule has 7 nitrogen and oxygen atoms in total. The van der Waals surface area contributed by atoms with Crippen molar-refractivity contribution in [2.24, 2.45) is 0 Å². The molecule has 0 aliphatic rings. The smallest absolute Gasteiger partial charge is 0.315 e. The summed E-state index contributed by atoms with van der Waals surface area (Å²) >= 11 is 5.72. The summed E-state index contributed by atoms with van der Waals surface area (Å²) in [5.41, 5.74) is 7.58. The van der Waals surface area contributed by atoms with E-state index in [0.29, 0.717) is 11.4 Å². The van der Waals surface area contributed by atoms with Gasteiger partial charge in [0.15, 0.2) is 5.69 Å². The Morgan fingerprint density at radius 3 is 2.90 bits per heavy atom. The van der Waals surface area contributed by atoms with E-state index in [2.05, 4.69) is 15.0 Å². The van der Waals surface area contributed by atoms with Gasteiger partial charge in [-0.05, 0) is 29.8 Å². The lowest BCUT2D eigenvalue weighted by Gasteiger charge is -1.99. The van der Waals surface area contributed by atoms with E-state index in [4.69, 9.17) is 17.3 Å². The zero-order valence-corrected chi connectivity index (χ0v) is 10.8. The largest absolute Gasteiger partial charge is 0.398 e. The van der Waals surface area contributed by atoms with Crippen LogP contribution < -0.4 is 5.73 Å². The number of nitrogen functional groups attached to an aromatic ring is 1. The van der Waals surface area contributed by atoms with Gasteiger partial charge in [-0.1, -0.05) is 6.07 Å². The van der Waals surface area contributed by atoms with E-state index in [1.54, 1.807) is 18.2 Å². The van der Waals surface area contributed by atoms with E-state index in [0.717, 1.165) is 17.1 Å². The monoisotopic (exact) mass is 289 g/mol. The molecule has 2 aromatic heterocycles. The van der Waals surface area contributed by atoms with Crippen molar-refractivity contribution >= 4 is 33.9 Å². The summed E-state index contributed by atoms with van der Waals surface area (Å²) in [5.74, 6) is 0. The van der Waals surface area contributed by atoms with Gasteiger partial charge in [0.05, 0.1) is 10.6 Å². The maximum atomic E-state index is 11.0. The van der Waals surface area contributed by atoms with E-state index < -0.39 is 4.92 Å². The molecule has 3 rings (SSSR count). The van der Waals surface area contributed by atoms with Crippen molar-refractivity contribution in [1.82, 2.24) is 15.0 Å². The number of nitrogens with zero attached hydrogens (tertiary/aromatic N) is 3. The number of fused-ring (bicyclic) bond motifs is 1. The Balaban J connectivity index is 2.27. The maximum Gasteiger partial charge on any atom is 0.315 e. The number of H-pyrrole nitrogens is 1. The first-order valence-corrected chi connectivity index (χ1v) is 5.98. The molecule has 0 spiro atoms. The van der Waals surface area contributed by atoms with Crippen LogP contribution in [0.3, 0.4) is 0 Å². The molecular formula is C12H8ClN5O2. The molecule has 0 aliphatic carbocycles. The molecule has 0 saturated heterocycles. The highest BCUT2D eigenvalue weighted by atomic mass is 35.5. The maximum absolute atomic E-state index is 11.0. The highest BCUT2D eigenvalue weighted by Gasteiger charge is 2.20. The van der Waals surface area contributed by atoms with Crippen molar-refractivity contribution in [2.75, 3.05) is 5.73 Å². The van der Waals surface area contributed by atoms with Crippen LogP contribution in [-0.2, 0) is 0 Å². The van der Waals surface area contributed by atoms with Gasteiger partial charge >= 0.3 is 5.69 Å². The fourth-order valence-electron chi connectivity index (χ4n) is 1.99. The number of aromatic nitrogens is 3. The van der Waals surface area contributed by atoms with E-state index >= 15 is 0 Å². The van der Waals surface area contributed by atoms with Crippen LogP contribution in [0.4, 0.5) is 11.4 Å². The lowest BCUT2D eigenvalue weighted by atomic mass is 10.2. The number of aromatic amines is 1. The quantitative estimate of drug-likeness (QED) is 0.326. The van der Waals surface area contributed by atoms with Crippen molar-refractivity contribution in [3.05, 3.63) is 45.9 Å². The summed E-state index contributed by atoms with van der Waals surface area (Å²) in [6.45, 7) is 0. The molecule has 1 aromatic carbocycles. The Hall–Kier alpha value is -2.67. The molecular weight excluding hydrogens is 282 g/mol. The zero-order valence-electron chi connectivity index (χ0n) is 10.0. The summed E-state index contributed by atoms with van der Waals surface area (Å²) in [6, 6.07) is 7.07. The number of hydrogen-bond donors (Lipinski definition) is 2. The summed E-state index contributed by atoms with van der Waals surface area (Å²) in [7, 11) is 0. The fraction of sp³-hybridized carbons (Fsp3) is 0. The second kappa shape index (κ2) is 4.46. The first kappa shape index (κ1) is 12.4. The van der Waals surface area contributed by atoms with Gasteiger partial charge in [-0.25, -0.2) is 9.97 Å². The number of nitro groups is 1. The van der Waals surface area contributed by atoms with Crippen LogP contribution in [0.2, 0.25) is 5.28 Å². The van der Waals surface area contributed by atoms with Crippen molar-refractivity contribution in [2.45, 2.75) is 0 Å². The molecule has 0 amide bonds. The van der Waals surface area contributed by atoms with Gasteiger partial charge in [-0.15, -0.1) is 0 Å². The molecule has 0 saturated carbocycles. The lowest BCUT2D eigenvalue weighted by Crippen LogP contribution is -1.97. The molecule has 3 N–H and O–H groups in total. The standard InChI is InChI=1S/C12H8ClN5O2/c13-12-15-5-10(18(19)20)11(17-12)9-4-6-7(14)2-1-3-8(6)16-9/h1-5,16H,14H2. The Morgan fingerprint density at radius 2 is 2.20 bits per heavy atom. The third kappa shape index (κ3) is 1.94. The Labute approximate surface area is 117 Å². The number of nitrogens with one attached hydrogen (secondary N) is 1. The average molecular weight is 290 g/mol. The number of rotatable bonds is 2. The van der Waals surface area contributed by atoms with Crippen molar-refractivity contribution in [3.8, 4) is 11.4 Å². The van der Waals surface area contributed by atoms with Gasteiger partial charge in [0.2, 0.25) is 5.28 Å². The van der Waals surface area contributed by atoms with Gasteiger partial charge in [0.25, 0.3) is 0 Å². The molecule has 100 valence electrons. The van der Waals surface area contributed by atoms with Crippen LogP contribution in [0.15, 0.2) is 30.5 Å². The third-order valence-electron chi connectivity index (χ3n) is 2.89. The molecule has 2 heterocycles. The second-order valence-corrected chi connectivity index (χ2v) is 4.46. The highest BCUT2D eigenvalue weighted by Crippen LogP contribution is 2.31. The minimum absolute atomic E-state index is 0.0581. The minimum atomic E-state index is -0.555. The van der Waals surface area contributed by atoms with Gasteiger partial charge in [0, 0.05) is 16.6 Å². The second-order valence-electron chi connectivity index (χ2n) is 4.12. The number of nitrogens with two attached hydrogens (primary N) is 1. The topological polar surface area (TPSA) is 111 Å². The molecule has 3 aromatic rings. The van der Waals surface area contributed by atoms with Crippen LogP contribution in [0, 0.1) is 10.1 Å². The van der Waals surface area contributed by atoms with Crippen LogP contribution in [0.5, 0.6) is 0 Å². The van der Waals surface area contributed by atoms with Crippen molar-refractivity contribution in [1.29, 1.82) is 0 Å². The molecule has 0 atom stereocenters. The van der Waals surface area contributed by atoms with Gasteiger partial charge in [-0.3, -0.25) is 10.1 Å². The van der Waals surface area contributed by atoms with Crippen LogP contribution in [0.25, 0.3) is 22.3 Å². The molecule has 0 fully saturated rings. The normalized spacial score (nSPS) is 10.8. The van der Waals surface area contributed by atoms with Gasteiger partial charge in [-0.2, -0.15) is 0 Å². The highest BCUT2D eigenvalue weighted by molar-refractivity contribution is 6.28. The fourth-order valence-corrected chi connectivity index (χ4v) is 2.13. The predicted octanol–water partition coefficient (Wildman–Crippen LogP) is 2.77. The Bertz CT molecular complexity index is 830. The number of benzene rings is 1. The number of anilines is 1. The molecule has 0 radical (unpaired) electrons. The van der Waals surface area contributed by atoms with Gasteiger partial charge in [0.1, 0.15) is 6.20 Å².